The third-order valence-corrected chi connectivity index (χ3v) is 3.46. The molecule has 5 heteroatoms. The van der Waals surface area contributed by atoms with Gasteiger partial charge in [-0.3, -0.25) is 4.79 Å². The molecule has 120 valence electrons. The van der Waals surface area contributed by atoms with Crippen LogP contribution in [0.3, 0.4) is 0 Å². The molecule has 0 radical (unpaired) electrons. The lowest BCUT2D eigenvalue weighted by Crippen LogP contribution is -2.05. The number of hydrogen-bond acceptors (Lipinski definition) is 5. The van der Waals surface area contributed by atoms with Gasteiger partial charge < -0.3 is 13.9 Å². The second kappa shape index (κ2) is 6.42. The monoisotopic (exact) mass is 322 g/mol. The maximum atomic E-state index is 12.4. The lowest BCUT2D eigenvalue weighted by Gasteiger charge is -2.06. The van der Waals surface area contributed by atoms with Crippen molar-refractivity contribution in [1.29, 1.82) is 0 Å². The van der Waals surface area contributed by atoms with Crippen molar-refractivity contribution in [1.82, 2.24) is 0 Å². The number of rotatable bonds is 4. The molecule has 3 aromatic rings. The van der Waals surface area contributed by atoms with Gasteiger partial charge >= 0.3 is 5.97 Å². The molecule has 1 aromatic heterocycles. The molecule has 0 saturated carbocycles. The lowest BCUT2D eigenvalue weighted by atomic mass is 10.1. The van der Waals surface area contributed by atoms with E-state index < -0.39 is 5.97 Å². The van der Waals surface area contributed by atoms with E-state index in [1.165, 1.54) is 12.1 Å². The maximum absolute atomic E-state index is 12.4. The van der Waals surface area contributed by atoms with Crippen LogP contribution in [0.4, 0.5) is 0 Å². The van der Waals surface area contributed by atoms with E-state index in [0.29, 0.717) is 16.7 Å². The molecule has 0 N–H and O–H groups in total. The van der Waals surface area contributed by atoms with Crippen LogP contribution < -0.4 is 14.9 Å². The summed E-state index contributed by atoms with van der Waals surface area (Å²) in [5.41, 5.74) is 0.947. The van der Waals surface area contributed by atoms with Gasteiger partial charge in [0.25, 0.3) is 0 Å². The summed E-state index contributed by atoms with van der Waals surface area (Å²) in [6, 6.07) is 13.2. The van der Waals surface area contributed by atoms with Gasteiger partial charge in [0.2, 0.25) is 0 Å². The molecule has 0 spiro atoms. The third kappa shape index (κ3) is 3.05. The van der Waals surface area contributed by atoms with Crippen molar-refractivity contribution < 1.29 is 18.7 Å². The first-order chi connectivity index (χ1) is 11.6. The van der Waals surface area contributed by atoms with Gasteiger partial charge in [0.05, 0.1) is 12.5 Å². The normalized spacial score (nSPS) is 10.4. The van der Waals surface area contributed by atoms with E-state index in [9.17, 15) is 9.59 Å². The maximum Gasteiger partial charge on any atom is 0.335 e. The summed E-state index contributed by atoms with van der Waals surface area (Å²) >= 11 is 0. The van der Waals surface area contributed by atoms with Crippen molar-refractivity contribution in [3.63, 3.8) is 0 Å². The fourth-order valence-electron chi connectivity index (χ4n) is 2.25. The highest BCUT2D eigenvalue weighted by atomic mass is 16.5. The zero-order valence-corrected chi connectivity index (χ0v) is 12.9. The molecule has 0 saturated heterocycles. The number of hydrogen-bond donors (Lipinski definition) is 0. The molecular formula is C19H14O5. The van der Waals surface area contributed by atoms with Crippen LogP contribution in [-0.2, 0) is 4.79 Å². The zero-order chi connectivity index (χ0) is 17.1. The van der Waals surface area contributed by atoms with E-state index in [1.54, 1.807) is 31.4 Å². The molecule has 0 aliphatic carbocycles. The Morgan fingerprint density at radius 2 is 1.79 bits per heavy atom. The van der Waals surface area contributed by atoms with Crippen LogP contribution in [0.1, 0.15) is 0 Å². The number of benzene rings is 2. The van der Waals surface area contributed by atoms with Crippen molar-refractivity contribution in [2.24, 2.45) is 0 Å². The van der Waals surface area contributed by atoms with Gasteiger partial charge in [-0.1, -0.05) is 6.58 Å². The summed E-state index contributed by atoms with van der Waals surface area (Å²) in [6.07, 6.45) is 1.06. The summed E-state index contributed by atoms with van der Waals surface area (Å²) in [5.74, 6) is 0.840. The van der Waals surface area contributed by atoms with E-state index in [0.717, 1.165) is 17.4 Å². The van der Waals surface area contributed by atoms with Crippen LogP contribution in [0, 0.1) is 0 Å². The topological polar surface area (TPSA) is 65.7 Å². The van der Waals surface area contributed by atoms with Crippen molar-refractivity contribution in [2.75, 3.05) is 7.11 Å². The second-order valence-corrected chi connectivity index (χ2v) is 4.99. The third-order valence-electron chi connectivity index (χ3n) is 3.46. The standard InChI is InChI=1S/C19H14O5/c1-3-19(21)23-14-8-9-17-15(10-14)16(20)11-18(24-17)12-4-6-13(22-2)7-5-12/h3-11H,1H2,2H3. The fourth-order valence-corrected chi connectivity index (χ4v) is 2.25. The molecule has 2 aromatic carbocycles. The molecule has 0 aliphatic heterocycles. The van der Waals surface area contributed by atoms with Gasteiger partial charge in [0.15, 0.2) is 5.43 Å². The smallest absolute Gasteiger partial charge is 0.335 e. The average Bonchev–Trinajstić information content (AvgIpc) is 2.62. The zero-order valence-electron chi connectivity index (χ0n) is 12.9. The Balaban J connectivity index is 2.03. The number of carbonyl (C=O) groups excluding carboxylic acids is 1. The molecule has 5 nitrogen and oxygen atoms in total. The van der Waals surface area contributed by atoms with Gasteiger partial charge in [-0.15, -0.1) is 0 Å². The summed E-state index contributed by atoms with van der Waals surface area (Å²) in [7, 11) is 1.59. The summed E-state index contributed by atoms with van der Waals surface area (Å²) in [6.45, 7) is 3.33. The Morgan fingerprint density at radius 3 is 2.46 bits per heavy atom. The molecule has 0 bridgehead atoms. The summed E-state index contributed by atoms with van der Waals surface area (Å²) in [4.78, 5) is 23.6. The molecule has 0 unspecified atom stereocenters. The van der Waals surface area contributed by atoms with Gasteiger partial charge in [0.1, 0.15) is 22.8 Å². The van der Waals surface area contributed by atoms with Gasteiger partial charge in [-0.25, -0.2) is 4.79 Å². The highest BCUT2D eigenvalue weighted by molar-refractivity contribution is 5.85. The van der Waals surface area contributed by atoms with Crippen LogP contribution in [0.2, 0.25) is 0 Å². The van der Waals surface area contributed by atoms with Crippen molar-refractivity contribution in [2.45, 2.75) is 0 Å². The minimum atomic E-state index is -0.589. The van der Waals surface area contributed by atoms with Crippen LogP contribution in [0.25, 0.3) is 22.3 Å². The van der Waals surface area contributed by atoms with Crippen molar-refractivity contribution in [3.05, 3.63) is 71.4 Å². The van der Waals surface area contributed by atoms with E-state index in [2.05, 4.69) is 6.58 Å². The van der Waals surface area contributed by atoms with E-state index in [4.69, 9.17) is 13.9 Å². The Labute approximate surface area is 137 Å². The second-order valence-electron chi connectivity index (χ2n) is 4.99. The summed E-state index contributed by atoms with van der Waals surface area (Å²) in [5, 5.41) is 0.335. The van der Waals surface area contributed by atoms with Gasteiger partial charge in [-0.05, 0) is 42.5 Å². The van der Waals surface area contributed by atoms with E-state index in [1.807, 2.05) is 12.1 Å². The van der Waals surface area contributed by atoms with Crippen LogP contribution in [-0.4, -0.2) is 13.1 Å². The predicted octanol–water partition coefficient (Wildman–Crippen LogP) is 3.56. The first-order valence-corrected chi connectivity index (χ1v) is 7.17. The van der Waals surface area contributed by atoms with Gasteiger partial charge in [-0.2, -0.15) is 0 Å². The molecule has 0 amide bonds. The molecule has 3 rings (SSSR count). The van der Waals surface area contributed by atoms with E-state index in [-0.39, 0.29) is 11.2 Å². The number of esters is 1. The largest absolute Gasteiger partial charge is 0.497 e. The molecule has 24 heavy (non-hydrogen) atoms. The van der Waals surface area contributed by atoms with Crippen molar-refractivity contribution in [3.8, 4) is 22.8 Å². The molecule has 0 fully saturated rings. The first kappa shape index (κ1) is 15.6. The van der Waals surface area contributed by atoms with Crippen LogP contribution in [0.15, 0.2) is 70.4 Å². The van der Waals surface area contributed by atoms with Crippen molar-refractivity contribution >= 4 is 16.9 Å². The Kier molecular flexibility index (Phi) is 4.16. The van der Waals surface area contributed by atoms with Gasteiger partial charge in [0, 0.05) is 17.7 Å². The number of carbonyl (C=O) groups is 1. The Hall–Kier alpha value is -3.34. The quantitative estimate of drug-likeness (QED) is 0.417. The van der Waals surface area contributed by atoms with Crippen LogP contribution in [0.5, 0.6) is 11.5 Å². The highest BCUT2D eigenvalue weighted by Crippen LogP contribution is 2.26. The van der Waals surface area contributed by atoms with Crippen LogP contribution >= 0.6 is 0 Å². The summed E-state index contributed by atoms with van der Waals surface area (Å²) < 4.78 is 15.9. The SMILES string of the molecule is C=CC(=O)Oc1ccc2oc(-c3ccc(OC)cc3)cc(=O)c2c1. The number of fused-ring (bicyclic) bond motifs is 1. The minimum absolute atomic E-state index is 0.224. The number of ether oxygens (including phenoxy) is 2. The predicted molar refractivity (Wildman–Crippen MR) is 90.3 cm³/mol. The molecule has 0 atom stereocenters. The van der Waals surface area contributed by atoms with E-state index >= 15 is 0 Å². The molecular weight excluding hydrogens is 308 g/mol. The molecule has 1 heterocycles. The number of methoxy groups -OCH3 is 1. The average molecular weight is 322 g/mol. The first-order valence-electron chi connectivity index (χ1n) is 7.17. The fraction of sp³-hybridized carbons (Fsp3) is 0.0526. The Bertz CT molecular complexity index is 967. The lowest BCUT2D eigenvalue weighted by molar-refractivity contribution is -0.128. The molecule has 0 aliphatic rings. The highest BCUT2D eigenvalue weighted by Gasteiger charge is 2.09. The Morgan fingerprint density at radius 1 is 1.08 bits per heavy atom. The minimum Gasteiger partial charge on any atom is -0.497 e.